The Labute approximate surface area is 107 Å². The Morgan fingerprint density at radius 2 is 1.94 bits per heavy atom. The van der Waals surface area contributed by atoms with Crippen molar-refractivity contribution in [1.29, 1.82) is 0 Å². The summed E-state index contributed by atoms with van der Waals surface area (Å²) in [4.78, 5) is 0. The normalized spacial score (nSPS) is 18.9. The highest BCUT2D eigenvalue weighted by atomic mass is 35.5. The van der Waals surface area contributed by atoms with Gasteiger partial charge in [-0.3, -0.25) is 0 Å². The number of anilines is 1. The molecule has 0 amide bonds. The second-order valence-electron chi connectivity index (χ2n) is 4.44. The van der Waals surface area contributed by atoms with Crippen molar-refractivity contribution < 1.29 is 4.74 Å². The van der Waals surface area contributed by atoms with Crippen LogP contribution in [0, 0.1) is 5.92 Å². The SMILES string of the molecule is NCC(Nc1ccc(Cl)cc1)C1CCOCC1. The first-order chi connectivity index (χ1) is 8.29. The molecule has 3 N–H and O–H groups in total. The summed E-state index contributed by atoms with van der Waals surface area (Å²) >= 11 is 5.86. The first kappa shape index (κ1) is 12.7. The maximum atomic E-state index is 5.86. The fourth-order valence-corrected chi connectivity index (χ4v) is 2.37. The van der Waals surface area contributed by atoms with E-state index in [9.17, 15) is 0 Å². The Morgan fingerprint density at radius 3 is 2.53 bits per heavy atom. The largest absolute Gasteiger partial charge is 0.381 e. The van der Waals surface area contributed by atoms with Gasteiger partial charge in [-0.15, -0.1) is 0 Å². The maximum Gasteiger partial charge on any atom is 0.0469 e. The van der Waals surface area contributed by atoms with Crippen LogP contribution in [0.2, 0.25) is 5.02 Å². The van der Waals surface area contributed by atoms with Crippen LogP contribution in [-0.2, 0) is 4.74 Å². The van der Waals surface area contributed by atoms with E-state index < -0.39 is 0 Å². The number of nitrogens with two attached hydrogens (primary N) is 1. The number of hydrogen-bond donors (Lipinski definition) is 2. The van der Waals surface area contributed by atoms with Crippen molar-refractivity contribution in [3.63, 3.8) is 0 Å². The lowest BCUT2D eigenvalue weighted by atomic mass is 9.91. The molecule has 0 aromatic heterocycles. The lowest BCUT2D eigenvalue weighted by molar-refractivity contribution is 0.0614. The van der Waals surface area contributed by atoms with Gasteiger partial charge in [-0.05, 0) is 43.0 Å². The molecule has 0 aliphatic carbocycles. The summed E-state index contributed by atoms with van der Waals surface area (Å²) < 4.78 is 5.37. The zero-order valence-corrected chi connectivity index (χ0v) is 10.6. The van der Waals surface area contributed by atoms with E-state index in [-0.39, 0.29) is 0 Å². The Bertz CT molecular complexity index is 336. The molecule has 1 saturated heterocycles. The second kappa shape index (κ2) is 6.24. The van der Waals surface area contributed by atoms with Crippen LogP contribution < -0.4 is 11.1 Å². The van der Waals surface area contributed by atoms with E-state index in [0.717, 1.165) is 36.8 Å². The van der Waals surface area contributed by atoms with Crippen molar-refractivity contribution in [2.24, 2.45) is 11.7 Å². The van der Waals surface area contributed by atoms with Gasteiger partial charge in [-0.2, -0.15) is 0 Å². The second-order valence-corrected chi connectivity index (χ2v) is 4.88. The summed E-state index contributed by atoms with van der Waals surface area (Å²) in [7, 11) is 0. The summed E-state index contributed by atoms with van der Waals surface area (Å²) in [5.74, 6) is 0.601. The lowest BCUT2D eigenvalue weighted by Gasteiger charge is -2.30. The Balaban J connectivity index is 1.96. The minimum Gasteiger partial charge on any atom is -0.381 e. The van der Waals surface area contributed by atoms with Crippen LogP contribution in [0.1, 0.15) is 12.8 Å². The number of hydrogen-bond acceptors (Lipinski definition) is 3. The minimum atomic E-state index is 0.320. The quantitative estimate of drug-likeness (QED) is 0.868. The van der Waals surface area contributed by atoms with Crippen molar-refractivity contribution in [3.05, 3.63) is 29.3 Å². The van der Waals surface area contributed by atoms with E-state index >= 15 is 0 Å². The highest BCUT2D eigenvalue weighted by Crippen LogP contribution is 2.22. The Kier molecular flexibility index (Phi) is 4.66. The molecule has 4 heteroatoms. The molecule has 1 unspecified atom stereocenters. The van der Waals surface area contributed by atoms with Gasteiger partial charge in [-0.25, -0.2) is 0 Å². The molecule has 1 heterocycles. The van der Waals surface area contributed by atoms with Crippen LogP contribution in [-0.4, -0.2) is 25.8 Å². The van der Waals surface area contributed by atoms with Crippen LogP contribution in [0.4, 0.5) is 5.69 Å². The van der Waals surface area contributed by atoms with Gasteiger partial charge in [0.25, 0.3) is 0 Å². The van der Waals surface area contributed by atoms with Gasteiger partial charge in [0.2, 0.25) is 0 Å². The molecule has 0 radical (unpaired) electrons. The standard InChI is InChI=1S/C13H19ClN2O/c14-11-1-3-12(4-2-11)16-13(9-15)10-5-7-17-8-6-10/h1-4,10,13,16H,5-9,15H2. The van der Waals surface area contributed by atoms with Crippen molar-refractivity contribution >= 4 is 17.3 Å². The molecule has 94 valence electrons. The van der Waals surface area contributed by atoms with E-state index in [0.29, 0.717) is 18.5 Å². The smallest absolute Gasteiger partial charge is 0.0469 e. The van der Waals surface area contributed by atoms with Crippen LogP contribution in [0.3, 0.4) is 0 Å². The van der Waals surface area contributed by atoms with Gasteiger partial charge in [0.05, 0.1) is 0 Å². The summed E-state index contributed by atoms with van der Waals surface area (Å²) in [6, 6.07) is 8.08. The van der Waals surface area contributed by atoms with Gasteiger partial charge in [0.15, 0.2) is 0 Å². The number of benzene rings is 1. The molecule has 1 atom stereocenters. The predicted molar refractivity (Wildman–Crippen MR) is 71.5 cm³/mol. The van der Waals surface area contributed by atoms with E-state index in [1.54, 1.807) is 0 Å². The monoisotopic (exact) mass is 254 g/mol. The average Bonchev–Trinajstić information content (AvgIpc) is 2.39. The van der Waals surface area contributed by atoms with Gasteiger partial charge in [-0.1, -0.05) is 11.6 Å². The van der Waals surface area contributed by atoms with Crippen LogP contribution >= 0.6 is 11.6 Å². The van der Waals surface area contributed by atoms with E-state index in [2.05, 4.69) is 5.32 Å². The third-order valence-corrected chi connectivity index (χ3v) is 3.54. The predicted octanol–water partition coefficient (Wildman–Crippen LogP) is 2.51. The number of rotatable bonds is 4. The highest BCUT2D eigenvalue weighted by molar-refractivity contribution is 6.30. The van der Waals surface area contributed by atoms with E-state index in [1.165, 1.54) is 0 Å². The molecule has 17 heavy (non-hydrogen) atoms. The maximum absolute atomic E-state index is 5.86. The van der Waals surface area contributed by atoms with Crippen LogP contribution in [0.5, 0.6) is 0 Å². The van der Waals surface area contributed by atoms with Gasteiger partial charge < -0.3 is 15.8 Å². The third kappa shape index (κ3) is 3.60. The van der Waals surface area contributed by atoms with Crippen LogP contribution in [0.15, 0.2) is 24.3 Å². The molecular formula is C13H19ClN2O. The first-order valence-corrected chi connectivity index (χ1v) is 6.47. The molecule has 0 spiro atoms. The number of ether oxygens (including phenoxy) is 1. The minimum absolute atomic E-state index is 0.320. The van der Waals surface area contributed by atoms with E-state index in [4.69, 9.17) is 22.1 Å². The van der Waals surface area contributed by atoms with Gasteiger partial charge in [0, 0.05) is 36.5 Å². The molecule has 3 nitrogen and oxygen atoms in total. The van der Waals surface area contributed by atoms with Gasteiger partial charge >= 0.3 is 0 Å². The van der Waals surface area contributed by atoms with Gasteiger partial charge in [0.1, 0.15) is 0 Å². The number of nitrogens with one attached hydrogen (secondary N) is 1. The van der Waals surface area contributed by atoms with E-state index in [1.807, 2.05) is 24.3 Å². The molecule has 1 aromatic carbocycles. The molecule has 1 aliphatic rings. The zero-order valence-electron chi connectivity index (χ0n) is 9.86. The summed E-state index contributed by atoms with van der Waals surface area (Å²) in [6.45, 7) is 2.35. The summed E-state index contributed by atoms with van der Waals surface area (Å²) in [5.41, 5.74) is 6.93. The fraction of sp³-hybridized carbons (Fsp3) is 0.538. The summed E-state index contributed by atoms with van der Waals surface area (Å²) in [5, 5.41) is 4.24. The summed E-state index contributed by atoms with van der Waals surface area (Å²) in [6.07, 6.45) is 2.17. The lowest BCUT2D eigenvalue weighted by Crippen LogP contribution is -2.39. The first-order valence-electron chi connectivity index (χ1n) is 6.09. The van der Waals surface area contributed by atoms with Crippen molar-refractivity contribution in [2.45, 2.75) is 18.9 Å². The molecule has 0 saturated carbocycles. The molecule has 0 bridgehead atoms. The molecular weight excluding hydrogens is 236 g/mol. The molecule has 1 aromatic rings. The fourth-order valence-electron chi connectivity index (χ4n) is 2.25. The van der Waals surface area contributed by atoms with Crippen LogP contribution in [0.25, 0.3) is 0 Å². The third-order valence-electron chi connectivity index (χ3n) is 3.29. The molecule has 1 fully saturated rings. The zero-order chi connectivity index (χ0) is 12.1. The number of halogens is 1. The topological polar surface area (TPSA) is 47.3 Å². The Morgan fingerprint density at radius 1 is 1.29 bits per heavy atom. The highest BCUT2D eigenvalue weighted by Gasteiger charge is 2.22. The average molecular weight is 255 g/mol. The molecule has 2 rings (SSSR count). The Hall–Kier alpha value is -0.770. The van der Waals surface area contributed by atoms with Crippen molar-refractivity contribution in [1.82, 2.24) is 0 Å². The van der Waals surface area contributed by atoms with Crippen molar-refractivity contribution in [2.75, 3.05) is 25.1 Å². The van der Waals surface area contributed by atoms with Crippen molar-refractivity contribution in [3.8, 4) is 0 Å². The molecule has 1 aliphatic heterocycles.